The number of rotatable bonds is 3. The number of nitrogen functional groups attached to an aromatic ring is 1. The zero-order chi connectivity index (χ0) is 11.5. The van der Waals surface area contributed by atoms with Crippen LogP contribution in [0.1, 0.15) is 11.3 Å². The molecule has 1 aromatic carbocycles. The van der Waals surface area contributed by atoms with E-state index in [4.69, 9.17) is 10.3 Å². The summed E-state index contributed by atoms with van der Waals surface area (Å²) in [5.74, 6) is 1.77. The maximum atomic E-state index is 5.66. The molecule has 2 aromatic rings. The molecule has 0 saturated carbocycles. The minimum atomic E-state index is 0.756. The number of nitrogens with two attached hydrogens (primary N) is 1. The predicted octanol–water partition coefficient (Wildman–Crippen LogP) is 3.10. The van der Waals surface area contributed by atoms with Crippen LogP contribution >= 0.6 is 11.8 Å². The first-order valence-electron chi connectivity index (χ1n) is 5.02. The lowest BCUT2D eigenvalue weighted by Crippen LogP contribution is -1.87. The quantitative estimate of drug-likeness (QED) is 0.829. The molecule has 2 rings (SSSR count). The molecule has 0 bridgehead atoms. The summed E-state index contributed by atoms with van der Waals surface area (Å²) in [5.41, 5.74) is 9.56. The van der Waals surface area contributed by atoms with Crippen LogP contribution in [0.3, 0.4) is 0 Å². The first-order chi connectivity index (χ1) is 7.72. The summed E-state index contributed by atoms with van der Waals surface area (Å²) < 4.78 is 5.37. The summed E-state index contributed by atoms with van der Waals surface area (Å²) in [7, 11) is 0. The number of hydrogen-bond donors (Lipinski definition) is 1. The van der Waals surface area contributed by atoms with E-state index in [2.05, 4.69) is 11.4 Å². The minimum Gasteiger partial charge on any atom is -0.399 e. The Morgan fingerprint density at radius 2 is 2.00 bits per heavy atom. The van der Waals surface area contributed by atoms with Gasteiger partial charge in [0.25, 0.3) is 0 Å². The van der Waals surface area contributed by atoms with Crippen molar-refractivity contribution in [2.24, 2.45) is 0 Å². The van der Waals surface area contributed by atoms with Gasteiger partial charge in [0.05, 0.1) is 5.69 Å². The highest BCUT2D eigenvalue weighted by molar-refractivity contribution is 7.97. The molecule has 0 fully saturated rings. The standard InChI is InChI=1S/C12H14N2OS/c1-8-11(7-16-2)12(15-14-8)9-3-5-10(13)6-4-9/h3-6H,7,13H2,1-2H3. The van der Waals surface area contributed by atoms with Crippen molar-refractivity contribution in [2.45, 2.75) is 12.7 Å². The third-order valence-electron chi connectivity index (χ3n) is 2.45. The molecule has 4 heteroatoms. The second-order valence-corrected chi connectivity index (χ2v) is 4.50. The molecule has 0 aliphatic heterocycles. The van der Waals surface area contributed by atoms with Crippen molar-refractivity contribution in [1.82, 2.24) is 5.16 Å². The highest BCUT2D eigenvalue weighted by atomic mass is 32.2. The smallest absolute Gasteiger partial charge is 0.171 e. The van der Waals surface area contributed by atoms with E-state index in [1.165, 1.54) is 0 Å². The second kappa shape index (κ2) is 4.61. The van der Waals surface area contributed by atoms with Crippen LogP contribution in [-0.2, 0) is 5.75 Å². The van der Waals surface area contributed by atoms with Gasteiger partial charge in [0, 0.05) is 22.6 Å². The van der Waals surface area contributed by atoms with Gasteiger partial charge in [-0.25, -0.2) is 0 Å². The molecule has 3 nitrogen and oxygen atoms in total. The van der Waals surface area contributed by atoms with Crippen LogP contribution < -0.4 is 5.73 Å². The third kappa shape index (κ3) is 2.07. The molecular weight excluding hydrogens is 220 g/mol. The van der Waals surface area contributed by atoms with E-state index in [0.717, 1.165) is 34.0 Å². The van der Waals surface area contributed by atoms with Crippen LogP contribution in [-0.4, -0.2) is 11.4 Å². The number of nitrogens with zero attached hydrogens (tertiary/aromatic N) is 1. The maximum absolute atomic E-state index is 5.66. The number of thioether (sulfide) groups is 1. The van der Waals surface area contributed by atoms with Crippen molar-refractivity contribution in [3.63, 3.8) is 0 Å². The van der Waals surface area contributed by atoms with Crippen molar-refractivity contribution >= 4 is 17.4 Å². The first-order valence-corrected chi connectivity index (χ1v) is 6.41. The zero-order valence-corrected chi connectivity index (χ0v) is 10.2. The molecule has 1 aromatic heterocycles. The lowest BCUT2D eigenvalue weighted by molar-refractivity contribution is 0.427. The van der Waals surface area contributed by atoms with Crippen LogP contribution in [0.25, 0.3) is 11.3 Å². The maximum Gasteiger partial charge on any atom is 0.171 e. The van der Waals surface area contributed by atoms with Gasteiger partial charge in [-0.05, 0) is 37.4 Å². The Bertz CT molecular complexity index is 476. The molecule has 2 N–H and O–H groups in total. The Morgan fingerprint density at radius 1 is 1.31 bits per heavy atom. The lowest BCUT2D eigenvalue weighted by Gasteiger charge is -2.01. The van der Waals surface area contributed by atoms with Crippen LogP contribution in [0.5, 0.6) is 0 Å². The molecule has 0 spiro atoms. The minimum absolute atomic E-state index is 0.756. The van der Waals surface area contributed by atoms with Gasteiger partial charge in [0.2, 0.25) is 0 Å². The molecule has 0 unspecified atom stereocenters. The van der Waals surface area contributed by atoms with Gasteiger partial charge < -0.3 is 10.3 Å². The van der Waals surface area contributed by atoms with Crippen LogP contribution in [0, 0.1) is 6.92 Å². The Kier molecular flexibility index (Phi) is 3.19. The van der Waals surface area contributed by atoms with E-state index in [1.807, 2.05) is 31.2 Å². The molecule has 0 aliphatic rings. The van der Waals surface area contributed by atoms with E-state index in [-0.39, 0.29) is 0 Å². The molecule has 1 heterocycles. The van der Waals surface area contributed by atoms with Gasteiger partial charge in [-0.1, -0.05) is 5.16 Å². The van der Waals surface area contributed by atoms with Crippen molar-refractivity contribution in [3.05, 3.63) is 35.5 Å². The van der Waals surface area contributed by atoms with Gasteiger partial charge in [-0.15, -0.1) is 0 Å². The number of aromatic nitrogens is 1. The Morgan fingerprint density at radius 3 is 2.62 bits per heavy atom. The normalized spacial score (nSPS) is 10.6. The van der Waals surface area contributed by atoms with Crippen molar-refractivity contribution in [3.8, 4) is 11.3 Å². The molecule has 0 amide bonds. The molecule has 16 heavy (non-hydrogen) atoms. The van der Waals surface area contributed by atoms with Gasteiger partial charge in [-0.2, -0.15) is 11.8 Å². The van der Waals surface area contributed by atoms with Crippen molar-refractivity contribution in [2.75, 3.05) is 12.0 Å². The number of aryl methyl sites for hydroxylation is 1. The lowest BCUT2D eigenvalue weighted by atomic mass is 10.1. The van der Waals surface area contributed by atoms with Crippen LogP contribution in [0.2, 0.25) is 0 Å². The summed E-state index contributed by atoms with van der Waals surface area (Å²) >= 11 is 1.76. The topological polar surface area (TPSA) is 52.0 Å². The summed E-state index contributed by atoms with van der Waals surface area (Å²) in [6, 6.07) is 7.66. The Balaban J connectivity index is 2.43. The van der Waals surface area contributed by atoms with Crippen LogP contribution in [0.15, 0.2) is 28.8 Å². The summed E-state index contributed by atoms with van der Waals surface area (Å²) in [5, 5.41) is 4.01. The summed E-state index contributed by atoms with van der Waals surface area (Å²) in [6.45, 7) is 1.97. The number of anilines is 1. The fourth-order valence-electron chi connectivity index (χ4n) is 1.56. The van der Waals surface area contributed by atoms with Crippen molar-refractivity contribution < 1.29 is 4.52 Å². The fourth-order valence-corrected chi connectivity index (χ4v) is 2.19. The second-order valence-electron chi connectivity index (χ2n) is 3.63. The molecular formula is C12H14N2OS. The third-order valence-corrected chi connectivity index (χ3v) is 3.02. The van der Waals surface area contributed by atoms with Crippen molar-refractivity contribution in [1.29, 1.82) is 0 Å². The molecule has 0 saturated heterocycles. The molecule has 0 aliphatic carbocycles. The summed E-state index contributed by atoms with van der Waals surface area (Å²) in [6.07, 6.45) is 2.07. The Hall–Kier alpha value is -1.42. The highest BCUT2D eigenvalue weighted by Gasteiger charge is 2.13. The monoisotopic (exact) mass is 234 g/mol. The largest absolute Gasteiger partial charge is 0.399 e. The Labute approximate surface area is 99.0 Å². The molecule has 0 radical (unpaired) electrons. The van der Waals surface area contributed by atoms with Gasteiger partial charge in [0.1, 0.15) is 0 Å². The first kappa shape index (κ1) is 11.1. The van der Waals surface area contributed by atoms with Crippen LogP contribution in [0.4, 0.5) is 5.69 Å². The molecule has 84 valence electrons. The fraction of sp³-hybridized carbons (Fsp3) is 0.250. The van der Waals surface area contributed by atoms with Gasteiger partial charge in [-0.3, -0.25) is 0 Å². The number of benzene rings is 1. The highest BCUT2D eigenvalue weighted by Crippen LogP contribution is 2.29. The predicted molar refractivity (Wildman–Crippen MR) is 68.3 cm³/mol. The van der Waals surface area contributed by atoms with E-state index in [9.17, 15) is 0 Å². The number of hydrogen-bond acceptors (Lipinski definition) is 4. The summed E-state index contributed by atoms with van der Waals surface area (Å²) in [4.78, 5) is 0. The van der Waals surface area contributed by atoms with Gasteiger partial charge >= 0.3 is 0 Å². The van der Waals surface area contributed by atoms with E-state index in [0.29, 0.717) is 0 Å². The average Bonchev–Trinajstić information content (AvgIpc) is 2.63. The zero-order valence-electron chi connectivity index (χ0n) is 9.36. The van der Waals surface area contributed by atoms with Gasteiger partial charge in [0.15, 0.2) is 5.76 Å². The SMILES string of the molecule is CSCc1c(C)noc1-c1ccc(N)cc1. The van der Waals surface area contributed by atoms with E-state index < -0.39 is 0 Å². The molecule has 0 atom stereocenters. The van der Waals surface area contributed by atoms with E-state index >= 15 is 0 Å². The van der Waals surface area contributed by atoms with E-state index in [1.54, 1.807) is 11.8 Å². The average molecular weight is 234 g/mol.